The van der Waals surface area contributed by atoms with Gasteiger partial charge < -0.3 is 10.1 Å². The van der Waals surface area contributed by atoms with Gasteiger partial charge in [-0.25, -0.2) is 4.39 Å². The molecule has 1 heterocycles. The highest BCUT2D eigenvalue weighted by Crippen LogP contribution is 2.17. The molecule has 16 heavy (non-hydrogen) atoms. The molecule has 1 fully saturated rings. The topological polar surface area (TPSA) is 21.3 Å². The quantitative estimate of drug-likeness (QED) is 0.923. The Balaban J connectivity index is 1.94. The normalized spacial score (nSPS) is 24.9. The Hall–Kier alpha value is -0.450. The molecule has 1 aliphatic heterocycles. The van der Waals surface area contributed by atoms with Gasteiger partial charge >= 0.3 is 0 Å². The molecule has 2 nitrogen and oxygen atoms in total. The number of nitrogens with one attached hydrogen (secondary N) is 1. The lowest BCUT2D eigenvalue weighted by Crippen LogP contribution is -2.34. The van der Waals surface area contributed by atoms with Crippen LogP contribution in [-0.2, 0) is 11.3 Å². The average Bonchev–Trinajstić information content (AvgIpc) is 2.63. The van der Waals surface area contributed by atoms with Crippen LogP contribution in [0.4, 0.5) is 4.39 Å². The van der Waals surface area contributed by atoms with E-state index in [2.05, 4.69) is 21.2 Å². The van der Waals surface area contributed by atoms with Crippen molar-refractivity contribution in [3.8, 4) is 0 Å². The minimum Gasteiger partial charge on any atom is -0.377 e. The first-order valence-corrected chi connectivity index (χ1v) is 6.25. The van der Waals surface area contributed by atoms with Crippen molar-refractivity contribution in [1.29, 1.82) is 0 Å². The zero-order valence-electron chi connectivity index (χ0n) is 9.17. The molecule has 4 heteroatoms. The van der Waals surface area contributed by atoms with Gasteiger partial charge in [0.15, 0.2) is 0 Å². The van der Waals surface area contributed by atoms with Gasteiger partial charge in [0.05, 0.1) is 6.10 Å². The van der Waals surface area contributed by atoms with E-state index >= 15 is 0 Å². The number of rotatable bonds is 3. The zero-order chi connectivity index (χ0) is 11.5. The summed E-state index contributed by atoms with van der Waals surface area (Å²) in [7, 11) is 0. The Bertz CT molecular complexity index is 372. The fourth-order valence-corrected chi connectivity index (χ4v) is 2.24. The van der Waals surface area contributed by atoms with Crippen LogP contribution in [0.2, 0.25) is 0 Å². The Morgan fingerprint density at radius 3 is 3.00 bits per heavy atom. The fourth-order valence-electron chi connectivity index (χ4n) is 1.91. The fraction of sp³-hybridized carbons (Fsp3) is 0.500. The second-order valence-electron chi connectivity index (χ2n) is 4.09. The molecule has 2 rings (SSSR count). The zero-order valence-corrected chi connectivity index (χ0v) is 10.8. The number of benzene rings is 1. The van der Waals surface area contributed by atoms with Crippen molar-refractivity contribution < 1.29 is 9.13 Å². The summed E-state index contributed by atoms with van der Waals surface area (Å²) in [5.74, 6) is -0.173. The third kappa shape index (κ3) is 2.81. The van der Waals surface area contributed by atoms with Crippen molar-refractivity contribution in [3.05, 3.63) is 34.1 Å². The van der Waals surface area contributed by atoms with Crippen molar-refractivity contribution in [2.24, 2.45) is 0 Å². The number of hydrogen-bond donors (Lipinski definition) is 1. The van der Waals surface area contributed by atoms with E-state index in [1.165, 1.54) is 6.07 Å². The molecule has 0 amide bonds. The summed E-state index contributed by atoms with van der Waals surface area (Å²) in [6, 6.07) is 5.48. The van der Waals surface area contributed by atoms with Gasteiger partial charge in [0.1, 0.15) is 5.82 Å². The first-order valence-electron chi connectivity index (χ1n) is 5.46. The van der Waals surface area contributed by atoms with Crippen LogP contribution in [0.3, 0.4) is 0 Å². The van der Waals surface area contributed by atoms with Crippen LogP contribution in [0.25, 0.3) is 0 Å². The standard InChI is InChI=1S/C12H15BrFNO/c1-8-12(4-5-16-8)15-7-9-2-3-10(13)6-11(9)14/h2-3,6,8,12,15H,4-5,7H2,1H3. The second kappa shape index (κ2) is 5.25. The van der Waals surface area contributed by atoms with Crippen LogP contribution < -0.4 is 5.32 Å². The molecular formula is C12H15BrFNO. The maximum Gasteiger partial charge on any atom is 0.128 e. The predicted molar refractivity (Wildman–Crippen MR) is 64.8 cm³/mol. The Kier molecular flexibility index (Phi) is 3.95. The van der Waals surface area contributed by atoms with Crippen LogP contribution in [0.1, 0.15) is 18.9 Å². The predicted octanol–water partition coefficient (Wildman–Crippen LogP) is 2.86. The second-order valence-corrected chi connectivity index (χ2v) is 5.00. The lowest BCUT2D eigenvalue weighted by molar-refractivity contribution is 0.113. The molecule has 1 saturated heterocycles. The van der Waals surface area contributed by atoms with Crippen molar-refractivity contribution in [1.82, 2.24) is 5.32 Å². The van der Waals surface area contributed by atoms with Gasteiger partial charge in [-0.15, -0.1) is 0 Å². The minimum atomic E-state index is -0.173. The van der Waals surface area contributed by atoms with Gasteiger partial charge in [0.25, 0.3) is 0 Å². The van der Waals surface area contributed by atoms with Crippen molar-refractivity contribution >= 4 is 15.9 Å². The average molecular weight is 288 g/mol. The summed E-state index contributed by atoms with van der Waals surface area (Å²) >= 11 is 3.24. The lowest BCUT2D eigenvalue weighted by atomic mass is 10.1. The Labute approximate surface area is 103 Å². The van der Waals surface area contributed by atoms with Gasteiger partial charge in [0, 0.05) is 29.2 Å². The first-order chi connectivity index (χ1) is 7.66. The summed E-state index contributed by atoms with van der Waals surface area (Å²) in [6.07, 6.45) is 1.22. The van der Waals surface area contributed by atoms with Crippen molar-refractivity contribution in [2.45, 2.75) is 32.0 Å². The lowest BCUT2D eigenvalue weighted by Gasteiger charge is -2.16. The van der Waals surface area contributed by atoms with E-state index in [-0.39, 0.29) is 11.9 Å². The van der Waals surface area contributed by atoms with Gasteiger partial charge in [-0.05, 0) is 25.5 Å². The highest BCUT2D eigenvalue weighted by molar-refractivity contribution is 9.10. The first kappa shape index (κ1) is 12.0. The number of hydrogen-bond acceptors (Lipinski definition) is 2. The molecule has 0 radical (unpaired) electrons. The monoisotopic (exact) mass is 287 g/mol. The molecule has 88 valence electrons. The Morgan fingerprint density at radius 2 is 2.38 bits per heavy atom. The minimum absolute atomic E-state index is 0.173. The van der Waals surface area contributed by atoms with Crippen molar-refractivity contribution in [3.63, 3.8) is 0 Å². The van der Waals surface area contributed by atoms with Crippen LogP contribution >= 0.6 is 15.9 Å². The number of ether oxygens (including phenoxy) is 1. The molecule has 0 aliphatic carbocycles. The van der Waals surface area contributed by atoms with E-state index in [1.54, 1.807) is 6.07 Å². The molecule has 2 atom stereocenters. The van der Waals surface area contributed by atoms with Gasteiger partial charge in [-0.1, -0.05) is 22.0 Å². The van der Waals surface area contributed by atoms with E-state index < -0.39 is 0 Å². The summed E-state index contributed by atoms with van der Waals surface area (Å²) in [5, 5.41) is 3.33. The van der Waals surface area contributed by atoms with E-state index in [0.29, 0.717) is 18.2 Å². The molecular weight excluding hydrogens is 273 g/mol. The van der Waals surface area contributed by atoms with Crippen molar-refractivity contribution in [2.75, 3.05) is 6.61 Å². The maximum absolute atomic E-state index is 13.5. The van der Waals surface area contributed by atoms with E-state index in [9.17, 15) is 4.39 Å². The third-order valence-electron chi connectivity index (χ3n) is 2.95. The van der Waals surface area contributed by atoms with Crippen LogP contribution in [-0.4, -0.2) is 18.8 Å². The van der Waals surface area contributed by atoms with Crippen LogP contribution in [0, 0.1) is 5.82 Å². The number of halogens is 2. The smallest absolute Gasteiger partial charge is 0.128 e. The summed E-state index contributed by atoms with van der Waals surface area (Å²) in [4.78, 5) is 0. The molecule has 1 N–H and O–H groups in total. The van der Waals surface area contributed by atoms with Gasteiger partial charge in [0.2, 0.25) is 0 Å². The highest BCUT2D eigenvalue weighted by Gasteiger charge is 2.23. The van der Waals surface area contributed by atoms with Gasteiger partial charge in [-0.2, -0.15) is 0 Å². The molecule has 1 aromatic rings. The Morgan fingerprint density at radius 1 is 1.56 bits per heavy atom. The van der Waals surface area contributed by atoms with Crippen LogP contribution in [0.15, 0.2) is 22.7 Å². The molecule has 0 aromatic heterocycles. The third-order valence-corrected chi connectivity index (χ3v) is 3.44. The molecule has 0 spiro atoms. The molecule has 0 bridgehead atoms. The molecule has 1 aromatic carbocycles. The molecule has 1 aliphatic rings. The van der Waals surface area contributed by atoms with Crippen LogP contribution in [0.5, 0.6) is 0 Å². The summed E-state index contributed by atoms with van der Waals surface area (Å²) in [6.45, 7) is 3.39. The molecule has 2 unspecified atom stereocenters. The summed E-state index contributed by atoms with van der Waals surface area (Å²) in [5.41, 5.74) is 0.697. The summed E-state index contributed by atoms with van der Waals surface area (Å²) < 4.78 is 19.7. The molecule has 0 saturated carbocycles. The largest absolute Gasteiger partial charge is 0.377 e. The highest BCUT2D eigenvalue weighted by atomic mass is 79.9. The maximum atomic E-state index is 13.5. The SMILES string of the molecule is CC1OCCC1NCc1ccc(Br)cc1F. The van der Waals surface area contributed by atoms with Gasteiger partial charge in [-0.3, -0.25) is 0 Å². The van der Waals surface area contributed by atoms with E-state index in [4.69, 9.17) is 4.74 Å². The van der Waals surface area contributed by atoms with E-state index in [1.807, 2.05) is 13.0 Å². The van der Waals surface area contributed by atoms with E-state index in [0.717, 1.165) is 17.5 Å².